The Morgan fingerprint density at radius 1 is 1.00 bits per heavy atom. The van der Waals surface area contributed by atoms with Crippen molar-refractivity contribution in [2.24, 2.45) is 0 Å². The molecule has 0 saturated heterocycles. The van der Waals surface area contributed by atoms with Gasteiger partial charge in [0.2, 0.25) is 5.88 Å². The second kappa shape index (κ2) is 5.13. The summed E-state index contributed by atoms with van der Waals surface area (Å²) in [6.07, 6.45) is 1.28. The van der Waals surface area contributed by atoms with Gasteiger partial charge in [-0.15, -0.1) is 0 Å². The fraction of sp³-hybridized carbons (Fsp3) is 0. The molecule has 0 aliphatic rings. The van der Waals surface area contributed by atoms with Crippen LogP contribution in [-0.2, 0) is 0 Å². The third-order valence-electron chi connectivity index (χ3n) is 2.66. The SMILES string of the molecule is Fc1ccc2ncnc(Oc3ccc(Br)cc3F)c2c1. The number of ether oxygens (including phenoxy) is 1. The quantitative estimate of drug-likeness (QED) is 0.692. The molecule has 0 saturated carbocycles. The Labute approximate surface area is 121 Å². The summed E-state index contributed by atoms with van der Waals surface area (Å²) in [5, 5.41) is 0.384. The van der Waals surface area contributed by atoms with Crippen molar-refractivity contribution in [3.63, 3.8) is 0 Å². The Hall–Kier alpha value is -2.08. The highest BCUT2D eigenvalue weighted by Gasteiger charge is 2.10. The second-order valence-electron chi connectivity index (χ2n) is 4.02. The van der Waals surface area contributed by atoms with Crippen LogP contribution in [0.15, 0.2) is 47.2 Å². The van der Waals surface area contributed by atoms with Gasteiger partial charge in [0.05, 0.1) is 10.9 Å². The van der Waals surface area contributed by atoms with Gasteiger partial charge in [0.1, 0.15) is 12.1 Å². The van der Waals surface area contributed by atoms with E-state index in [9.17, 15) is 8.78 Å². The van der Waals surface area contributed by atoms with Crippen molar-refractivity contribution in [3.05, 3.63) is 58.8 Å². The summed E-state index contributed by atoms with van der Waals surface area (Å²) in [4.78, 5) is 7.93. The van der Waals surface area contributed by atoms with Crippen LogP contribution in [-0.4, -0.2) is 9.97 Å². The first-order chi connectivity index (χ1) is 9.63. The summed E-state index contributed by atoms with van der Waals surface area (Å²) in [6, 6.07) is 8.44. The van der Waals surface area contributed by atoms with Crippen molar-refractivity contribution in [1.29, 1.82) is 0 Å². The molecule has 6 heteroatoms. The van der Waals surface area contributed by atoms with Crippen LogP contribution in [0.4, 0.5) is 8.78 Å². The van der Waals surface area contributed by atoms with E-state index in [0.29, 0.717) is 15.4 Å². The maximum atomic E-state index is 13.7. The summed E-state index contributed by atoms with van der Waals surface area (Å²) in [5.74, 6) is -0.857. The van der Waals surface area contributed by atoms with Gasteiger partial charge < -0.3 is 4.74 Å². The molecule has 100 valence electrons. The normalized spacial score (nSPS) is 10.8. The zero-order valence-corrected chi connectivity index (χ0v) is 11.6. The first-order valence-corrected chi connectivity index (χ1v) is 6.46. The minimum absolute atomic E-state index is 0.0115. The van der Waals surface area contributed by atoms with Gasteiger partial charge >= 0.3 is 0 Å². The van der Waals surface area contributed by atoms with Gasteiger partial charge in [-0.1, -0.05) is 15.9 Å². The predicted octanol–water partition coefficient (Wildman–Crippen LogP) is 4.46. The summed E-state index contributed by atoms with van der Waals surface area (Å²) < 4.78 is 33.1. The fourth-order valence-corrected chi connectivity index (χ4v) is 2.08. The van der Waals surface area contributed by atoms with E-state index in [0.717, 1.165) is 0 Å². The lowest BCUT2D eigenvalue weighted by molar-refractivity contribution is 0.431. The van der Waals surface area contributed by atoms with Gasteiger partial charge in [0.25, 0.3) is 0 Å². The molecule has 1 aromatic heterocycles. The van der Waals surface area contributed by atoms with E-state index < -0.39 is 11.6 Å². The van der Waals surface area contributed by atoms with Gasteiger partial charge in [-0.3, -0.25) is 0 Å². The molecule has 3 aromatic rings. The zero-order valence-electron chi connectivity index (χ0n) is 9.98. The van der Waals surface area contributed by atoms with E-state index in [1.165, 1.54) is 36.7 Å². The van der Waals surface area contributed by atoms with Crippen LogP contribution < -0.4 is 4.74 Å². The number of hydrogen-bond donors (Lipinski definition) is 0. The van der Waals surface area contributed by atoms with E-state index in [1.54, 1.807) is 6.07 Å². The molecule has 2 aromatic carbocycles. The molecule has 3 rings (SSSR count). The Kier molecular flexibility index (Phi) is 3.31. The number of benzene rings is 2. The lowest BCUT2D eigenvalue weighted by atomic mass is 10.2. The standard InChI is InChI=1S/C14H7BrF2N2O/c15-8-1-4-13(11(17)5-8)20-14-10-6-9(16)2-3-12(10)18-7-19-14/h1-7H. The second-order valence-corrected chi connectivity index (χ2v) is 4.93. The minimum Gasteiger partial charge on any atom is -0.435 e. The number of aromatic nitrogens is 2. The molecule has 0 fully saturated rings. The largest absolute Gasteiger partial charge is 0.435 e. The monoisotopic (exact) mass is 336 g/mol. The number of hydrogen-bond acceptors (Lipinski definition) is 3. The Morgan fingerprint density at radius 3 is 2.65 bits per heavy atom. The van der Waals surface area contributed by atoms with Crippen LogP contribution in [0.2, 0.25) is 0 Å². The molecule has 3 nitrogen and oxygen atoms in total. The van der Waals surface area contributed by atoms with E-state index in [1.807, 2.05) is 0 Å². The van der Waals surface area contributed by atoms with Crippen molar-refractivity contribution < 1.29 is 13.5 Å². The Balaban J connectivity index is 2.08. The van der Waals surface area contributed by atoms with Gasteiger partial charge in [-0.05, 0) is 36.4 Å². The third-order valence-corrected chi connectivity index (χ3v) is 3.15. The molecular formula is C14H7BrF2N2O. The molecule has 0 atom stereocenters. The van der Waals surface area contributed by atoms with Crippen LogP contribution in [0.5, 0.6) is 11.6 Å². The predicted molar refractivity (Wildman–Crippen MR) is 73.7 cm³/mol. The minimum atomic E-state index is -0.539. The molecule has 1 heterocycles. The van der Waals surface area contributed by atoms with Crippen LogP contribution >= 0.6 is 15.9 Å². The maximum Gasteiger partial charge on any atom is 0.230 e. The number of rotatable bonds is 2. The lowest BCUT2D eigenvalue weighted by Gasteiger charge is -2.08. The highest BCUT2D eigenvalue weighted by molar-refractivity contribution is 9.10. The van der Waals surface area contributed by atoms with Crippen molar-refractivity contribution >= 4 is 26.8 Å². The van der Waals surface area contributed by atoms with Crippen molar-refractivity contribution in [1.82, 2.24) is 9.97 Å². The number of halogens is 3. The van der Waals surface area contributed by atoms with Crippen molar-refractivity contribution in [2.75, 3.05) is 0 Å². The van der Waals surface area contributed by atoms with E-state index in [2.05, 4.69) is 25.9 Å². The number of fused-ring (bicyclic) bond motifs is 1. The summed E-state index contributed by atoms with van der Waals surface area (Å²) in [5.41, 5.74) is 0.522. The number of nitrogens with zero attached hydrogens (tertiary/aromatic N) is 2. The van der Waals surface area contributed by atoms with Gasteiger partial charge in [0.15, 0.2) is 11.6 Å². The molecule has 0 unspecified atom stereocenters. The van der Waals surface area contributed by atoms with Gasteiger partial charge in [-0.25, -0.2) is 18.7 Å². The molecule has 0 N–H and O–H groups in total. The summed E-state index contributed by atoms with van der Waals surface area (Å²) >= 11 is 3.16. The average Bonchev–Trinajstić information content (AvgIpc) is 2.42. The summed E-state index contributed by atoms with van der Waals surface area (Å²) in [6.45, 7) is 0. The average molecular weight is 337 g/mol. The maximum absolute atomic E-state index is 13.7. The molecule has 0 aliphatic heterocycles. The van der Waals surface area contributed by atoms with Crippen LogP contribution in [0.1, 0.15) is 0 Å². The van der Waals surface area contributed by atoms with Crippen molar-refractivity contribution in [3.8, 4) is 11.6 Å². The Morgan fingerprint density at radius 2 is 1.85 bits per heavy atom. The van der Waals surface area contributed by atoms with Crippen molar-refractivity contribution in [2.45, 2.75) is 0 Å². The van der Waals surface area contributed by atoms with Gasteiger partial charge in [0, 0.05) is 4.47 Å². The summed E-state index contributed by atoms with van der Waals surface area (Å²) in [7, 11) is 0. The fourth-order valence-electron chi connectivity index (χ4n) is 1.75. The smallest absolute Gasteiger partial charge is 0.230 e. The van der Waals surface area contributed by atoms with E-state index >= 15 is 0 Å². The highest BCUT2D eigenvalue weighted by Crippen LogP contribution is 2.29. The van der Waals surface area contributed by atoms with Crippen LogP contribution in [0.25, 0.3) is 10.9 Å². The first-order valence-electron chi connectivity index (χ1n) is 5.66. The Bertz CT molecular complexity index is 795. The highest BCUT2D eigenvalue weighted by atomic mass is 79.9. The lowest BCUT2D eigenvalue weighted by Crippen LogP contribution is -1.94. The molecular weight excluding hydrogens is 330 g/mol. The third kappa shape index (κ3) is 2.46. The zero-order chi connectivity index (χ0) is 14.1. The van der Waals surface area contributed by atoms with Crippen LogP contribution in [0, 0.1) is 11.6 Å². The molecule has 0 bridgehead atoms. The van der Waals surface area contributed by atoms with E-state index in [-0.39, 0.29) is 11.6 Å². The molecule has 0 amide bonds. The molecule has 0 spiro atoms. The van der Waals surface area contributed by atoms with E-state index in [4.69, 9.17) is 4.74 Å². The first kappa shape index (κ1) is 12.9. The topological polar surface area (TPSA) is 35.0 Å². The molecule has 0 radical (unpaired) electrons. The molecule has 20 heavy (non-hydrogen) atoms. The van der Waals surface area contributed by atoms with Gasteiger partial charge in [-0.2, -0.15) is 0 Å². The van der Waals surface area contributed by atoms with Crippen LogP contribution in [0.3, 0.4) is 0 Å². The molecule has 0 aliphatic carbocycles.